The van der Waals surface area contributed by atoms with Crippen LogP contribution in [-0.2, 0) is 0 Å². The number of benzene rings is 1. The van der Waals surface area contributed by atoms with Crippen LogP contribution in [0.5, 0.6) is 0 Å². The summed E-state index contributed by atoms with van der Waals surface area (Å²) in [5.74, 6) is 0.814. The first-order valence-electron chi connectivity index (χ1n) is 6.02. The molecule has 0 amide bonds. The number of hydrogen-bond donors (Lipinski definition) is 0. The highest BCUT2D eigenvalue weighted by atomic mass is 16.3. The molecule has 0 N–H and O–H groups in total. The van der Waals surface area contributed by atoms with E-state index in [2.05, 4.69) is 13.8 Å². The molecule has 3 rings (SSSR count). The molecule has 1 aliphatic carbocycles. The van der Waals surface area contributed by atoms with Gasteiger partial charge in [0.2, 0.25) is 5.78 Å². The van der Waals surface area contributed by atoms with Crippen LogP contribution in [0.2, 0.25) is 0 Å². The minimum Gasteiger partial charge on any atom is -0.453 e. The zero-order valence-corrected chi connectivity index (χ0v) is 10.4. The molecule has 1 heterocycles. The van der Waals surface area contributed by atoms with E-state index in [0.29, 0.717) is 5.76 Å². The van der Waals surface area contributed by atoms with E-state index in [-0.39, 0.29) is 17.1 Å². The normalized spacial score (nSPS) is 21.7. The largest absolute Gasteiger partial charge is 0.453 e. The van der Waals surface area contributed by atoms with Gasteiger partial charge in [-0.15, -0.1) is 0 Å². The topological polar surface area (TPSA) is 30.2 Å². The number of aryl methyl sites for hydroxylation is 1. The lowest BCUT2D eigenvalue weighted by molar-refractivity contribution is 0.0928. The fourth-order valence-electron chi connectivity index (χ4n) is 2.37. The summed E-state index contributed by atoms with van der Waals surface area (Å²) in [7, 11) is 0. The zero-order valence-electron chi connectivity index (χ0n) is 10.4. The molecule has 0 radical (unpaired) electrons. The molecular formula is C15H16O2. The number of carbonyl (C=O) groups is 1. The van der Waals surface area contributed by atoms with Gasteiger partial charge in [-0.1, -0.05) is 25.5 Å². The molecule has 1 aliphatic rings. The number of ketones is 1. The smallest absolute Gasteiger partial charge is 0.201 e. The van der Waals surface area contributed by atoms with E-state index in [1.54, 1.807) is 0 Å². The van der Waals surface area contributed by atoms with E-state index in [1.165, 1.54) is 5.56 Å². The molecule has 1 saturated carbocycles. The predicted octanol–water partition coefficient (Wildman–Crippen LogP) is 3.97. The fourth-order valence-corrected chi connectivity index (χ4v) is 2.37. The van der Waals surface area contributed by atoms with E-state index >= 15 is 0 Å². The lowest BCUT2D eigenvalue weighted by Gasteiger charge is -1.98. The maximum Gasteiger partial charge on any atom is 0.201 e. The summed E-state index contributed by atoms with van der Waals surface area (Å²) in [5.41, 5.74) is 2.15. The second-order valence-electron chi connectivity index (χ2n) is 5.76. The van der Waals surface area contributed by atoms with Crippen LogP contribution in [0.3, 0.4) is 0 Å². The first-order valence-corrected chi connectivity index (χ1v) is 6.02. The number of carbonyl (C=O) groups excluding carboxylic acids is 1. The lowest BCUT2D eigenvalue weighted by atomic mass is 10.1. The van der Waals surface area contributed by atoms with Crippen molar-refractivity contribution in [2.45, 2.75) is 27.2 Å². The van der Waals surface area contributed by atoms with E-state index in [0.717, 1.165) is 17.4 Å². The minimum atomic E-state index is 0.143. The molecular weight excluding hydrogens is 212 g/mol. The Labute approximate surface area is 101 Å². The molecule has 2 aromatic rings. The van der Waals surface area contributed by atoms with Crippen LogP contribution in [0.4, 0.5) is 0 Å². The Bertz CT molecular complexity index is 604. The molecule has 88 valence electrons. The van der Waals surface area contributed by atoms with Crippen molar-refractivity contribution >= 4 is 16.8 Å². The summed E-state index contributed by atoms with van der Waals surface area (Å²) in [6, 6.07) is 7.85. The van der Waals surface area contributed by atoms with Crippen molar-refractivity contribution in [3.05, 3.63) is 35.6 Å². The van der Waals surface area contributed by atoms with Gasteiger partial charge in [-0.05, 0) is 37.0 Å². The van der Waals surface area contributed by atoms with Gasteiger partial charge in [0.15, 0.2) is 5.76 Å². The molecule has 1 fully saturated rings. The number of hydrogen-bond acceptors (Lipinski definition) is 2. The van der Waals surface area contributed by atoms with Crippen molar-refractivity contribution < 1.29 is 9.21 Å². The third kappa shape index (κ3) is 1.68. The van der Waals surface area contributed by atoms with Gasteiger partial charge in [0.1, 0.15) is 5.58 Å². The third-order valence-corrected chi connectivity index (χ3v) is 3.74. The Balaban J connectivity index is 1.99. The highest BCUT2D eigenvalue weighted by Gasteiger charge is 2.51. The molecule has 1 aromatic heterocycles. The molecule has 17 heavy (non-hydrogen) atoms. The first-order chi connectivity index (χ1) is 7.97. The minimum absolute atomic E-state index is 0.143. The van der Waals surface area contributed by atoms with Crippen LogP contribution in [0.1, 0.15) is 36.4 Å². The molecule has 1 atom stereocenters. The Morgan fingerprint density at radius 3 is 2.71 bits per heavy atom. The number of rotatable bonds is 2. The molecule has 1 aromatic carbocycles. The Morgan fingerprint density at radius 1 is 1.35 bits per heavy atom. The third-order valence-electron chi connectivity index (χ3n) is 3.74. The maximum absolute atomic E-state index is 12.2. The average Bonchev–Trinajstić information content (AvgIpc) is 2.73. The zero-order chi connectivity index (χ0) is 12.2. The summed E-state index contributed by atoms with van der Waals surface area (Å²) in [4.78, 5) is 12.2. The van der Waals surface area contributed by atoms with Crippen molar-refractivity contribution in [2.24, 2.45) is 11.3 Å². The van der Waals surface area contributed by atoms with Crippen LogP contribution in [-0.4, -0.2) is 5.78 Å². The Kier molecular flexibility index (Phi) is 2.00. The molecule has 0 saturated heterocycles. The second kappa shape index (κ2) is 3.22. The van der Waals surface area contributed by atoms with Gasteiger partial charge in [-0.25, -0.2) is 0 Å². The van der Waals surface area contributed by atoms with E-state index < -0.39 is 0 Å². The monoisotopic (exact) mass is 228 g/mol. The van der Waals surface area contributed by atoms with E-state index in [1.807, 2.05) is 31.2 Å². The molecule has 2 nitrogen and oxygen atoms in total. The second-order valence-corrected chi connectivity index (χ2v) is 5.76. The quantitative estimate of drug-likeness (QED) is 0.728. The number of Topliss-reactive ketones (excluding diaryl/α,β-unsaturated/α-hetero) is 1. The fraction of sp³-hybridized carbons (Fsp3) is 0.400. The van der Waals surface area contributed by atoms with Crippen molar-refractivity contribution in [1.29, 1.82) is 0 Å². The molecule has 0 bridgehead atoms. The average molecular weight is 228 g/mol. The molecule has 2 heteroatoms. The first kappa shape index (κ1) is 10.6. The summed E-state index contributed by atoms with van der Waals surface area (Å²) in [5, 5.41) is 1.02. The van der Waals surface area contributed by atoms with Crippen LogP contribution in [0, 0.1) is 18.3 Å². The van der Waals surface area contributed by atoms with Crippen molar-refractivity contribution in [1.82, 2.24) is 0 Å². The van der Waals surface area contributed by atoms with Gasteiger partial charge < -0.3 is 4.42 Å². The molecule has 0 spiro atoms. The summed E-state index contributed by atoms with van der Waals surface area (Å²) >= 11 is 0. The lowest BCUT2D eigenvalue weighted by Crippen LogP contribution is -2.04. The van der Waals surface area contributed by atoms with Crippen LogP contribution in [0.25, 0.3) is 11.0 Å². The maximum atomic E-state index is 12.2. The van der Waals surface area contributed by atoms with Crippen LogP contribution < -0.4 is 0 Å². The SMILES string of the molecule is Cc1ccc2oc(C(=O)C3CC3(C)C)cc2c1. The van der Waals surface area contributed by atoms with Gasteiger partial charge >= 0.3 is 0 Å². The van der Waals surface area contributed by atoms with Gasteiger partial charge in [0.05, 0.1) is 0 Å². The van der Waals surface area contributed by atoms with Crippen molar-refractivity contribution in [2.75, 3.05) is 0 Å². The predicted molar refractivity (Wildman–Crippen MR) is 67.2 cm³/mol. The standard InChI is InChI=1S/C15H16O2/c1-9-4-5-12-10(6-9)7-13(17-12)14(16)11-8-15(11,2)3/h4-7,11H,8H2,1-3H3. The van der Waals surface area contributed by atoms with Gasteiger partial charge in [0, 0.05) is 11.3 Å². The number of fused-ring (bicyclic) bond motifs is 1. The molecule has 0 aliphatic heterocycles. The van der Waals surface area contributed by atoms with Crippen molar-refractivity contribution in [3.8, 4) is 0 Å². The van der Waals surface area contributed by atoms with Crippen LogP contribution >= 0.6 is 0 Å². The highest BCUT2D eigenvalue weighted by Crippen LogP contribution is 2.53. The van der Waals surface area contributed by atoms with Gasteiger partial charge in [-0.2, -0.15) is 0 Å². The Hall–Kier alpha value is -1.57. The van der Waals surface area contributed by atoms with Gasteiger partial charge in [-0.3, -0.25) is 4.79 Å². The molecule has 1 unspecified atom stereocenters. The summed E-state index contributed by atoms with van der Waals surface area (Å²) in [6.45, 7) is 6.29. The van der Waals surface area contributed by atoms with E-state index in [9.17, 15) is 4.79 Å². The Morgan fingerprint density at radius 2 is 2.06 bits per heavy atom. The number of furan rings is 1. The van der Waals surface area contributed by atoms with Crippen LogP contribution in [0.15, 0.2) is 28.7 Å². The van der Waals surface area contributed by atoms with Gasteiger partial charge in [0.25, 0.3) is 0 Å². The summed E-state index contributed by atoms with van der Waals surface area (Å²) in [6.07, 6.45) is 0.974. The summed E-state index contributed by atoms with van der Waals surface area (Å²) < 4.78 is 5.63. The van der Waals surface area contributed by atoms with Crippen molar-refractivity contribution in [3.63, 3.8) is 0 Å². The highest BCUT2D eigenvalue weighted by molar-refractivity contribution is 6.01. The van der Waals surface area contributed by atoms with E-state index in [4.69, 9.17) is 4.42 Å².